The molecule has 43 heavy (non-hydrogen) atoms. The summed E-state index contributed by atoms with van der Waals surface area (Å²) in [6, 6.07) is 10.9. The van der Waals surface area contributed by atoms with Gasteiger partial charge in [0.2, 0.25) is 0 Å². The highest BCUT2D eigenvalue weighted by Crippen LogP contribution is 2.26. The number of benzene rings is 2. The first-order valence-electron chi connectivity index (χ1n) is 13.6. The van der Waals surface area contributed by atoms with E-state index >= 15 is 0 Å². The number of carbonyl (C=O) groups is 3. The predicted octanol–water partition coefficient (Wildman–Crippen LogP) is 3.33. The van der Waals surface area contributed by atoms with E-state index in [1.807, 2.05) is 36.4 Å². The molecule has 1 atom stereocenters. The predicted molar refractivity (Wildman–Crippen MR) is 165 cm³/mol. The number of nitrogens with two attached hydrogens (primary N) is 2. The summed E-state index contributed by atoms with van der Waals surface area (Å²) in [6.07, 6.45) is 1.81. The van der Waals surface area contributed by atoms with Crippen LogP contribution in [0.5, 0.6) is 0 Å². The van der Waals surface area contributed by atoms with Crippen LogP contribution >= 0.6 is 11.6 Å². The van der Waals surface area contributed by atoms with Gasteiger partial charge in [-0.2, -0.15) is 0 Å². The van der Waals surface area contributed by atoms with E-state index in [1.165, 1.54) is 7.11 Å². The molecular formula is C29H37ClN8O5. The lowest BCUT2D eigenvalue weighted by Gasteiger charge is -2.23. The second kappa shape index (κ2) is 14.5. The maximum atomic E-state index is 12.5. The average molecular weight is 613 g/mol. The number of methoxy groups -OCH3 is 1. The Morgan fingerprint density at radius 2 is 1.65 bits per heavy atom. The Morgan fingerprint density at radius 3 is 2.30 bits per heavy atom. The van der Waals surface area contributed by atoms with Crippen LogP contribution in [0.15, 0.2) is 36.4 Å². The minimum absolute atomic E-state index is 0.0908. The largest absolute Gasteiger partial charge is 0.467 e. The number of anilines is 2. The molecule has 0 aliphatic heterocycles. The van der Waals surface area contributed by atoms with E-state index in [2.05, 4.69) is 25.9 Å². The smallest absolute Gasteiger partial charge is 0.408 e. The van der Waals surface area contributed by atoms with E-state index in [4.69, 9.17) is 38.0 Å². The van der Waals surface area contributed by atoms with E-state index < -0.39 is 29.6 Å². The Bertz CT molecular complexity index is 1510. The highest BCUT2D eigenvalue weighted by Gasteiger charge is 2.26. The number of halogens is 1. The second-order valence-corrected chi connectivity index (χ2v) is 11.1. The Morgan fingerprint density at radius 1 is 1.00 bits per heavy atom. The monoisotopic (exact) mass is 612 g/mol. The van der Waals surface area contributed by atoms with Crippen LogP contribution < -0.4 is 27.4 Å². The number of esters is 1. The molecule has 3 rings (SSSR count). The van der Waals surface area contributed by atoms with Crippen molar-refractivity contribution in [1.29, 1.82) is 5.41 Å². The maximum Gasteiger partial charge on any atom is 0.408 e. The van der Waals surface area contributed by atoms with Crippen LogP contribution in [0.2, 0.25) is 5.15 Å². The number of rotatable bonds is 10. The first kappa shape index (κ1) is 32.9. The van der Waals surface area contributed by atoms with Gasteiger partial charge in [-0.15, -0.1) is 0 Å². The summed E-state index contributed by atoms with van der Waals surface area (Å²) in [6.45, 7) is 5.68. The van der Waals surface area contributed by atoms with Gasteiger partial charge in [0.05, 0.1) is 7.11 Å². The normalized spacial score (nSPS) is 11.8. The first-order valence-corrected chi connectivity index (χ1v) is 14.0. The van der Waals surface area contributed by atoms with Gasteiger partial charge in [-0.3, -0.25) is 15.5 Å². The summed E-state index contributed by atoms with van der Waals surface area (Å²) in [5.74, 6) is -1.79. The fourth-order valence-corrected chi connectivity index (χ4v) is 4.43. The molecule has 13 nitrogen and oxygen atoms in total. The standard InChI is InChI=1S/C29H37ClN8O5/c1-29(2,3)43-28(41)35-20(26(40)42-4)15-17-13-12-16(18-10-5-6-11-19(17)18)9-7-8-14-34-27(33)38-25(39)21-23(31)37-24(32)22(30)36-21/h5-6,10-13,20H,7-9,14-15H2,1-4H3,(H,35,41)(H4,31,32,37)(H3,33,34,38,39). The van der Waals surface area contributed by atoms with Gasteiger partial charge in [-0.1, -0.05) is 48.0 Å². The van der Waals surface area contributed by atoms with E-state index in [0.29, 0.717) is 13.0 Å². The number of nitrogen functional groups attached to an aromatic ring is 2. The number of carbonyl (C=O) groups excluding carboxylic acids is 3. The molecule has 2 aromatic carbocycles. The number of fused-ring (bicyclic) bond motifs is 1. The minimum atomic E-state index is -0.920. The van der Waals surface area contributed by atoms with Crippen molar-refractivity contribution < 1.29 is 23.9 Å². The van der Waals surface area contributed by atoms with Gasteiger partial charge in [0.25, 0.3) is 5.91 Å². The number of hydrogen-bond acceptors (Lipinski definition) is 10. The van der Waals surface area contributed by atoms with Crippen LogP contribution in [0.4, 0.5) is 16.4 Å². The van der Waals surface area contributed by atoms with Gasteiger partial charge >= 0.3 is 12.1 Å². The second-order valence-electron chi connectivity index (χ2n) is 10.7. The molecule has 0 fully saturated rings. The highest BCUT2D eigenvalue weighted by atomic mass is 35.5. The molecule has 3 aromatic rings. The molecule has 0 aliphatic rings. The fourth-order valence-electron chi connectivity index (χ4n) is 4.30. The zero-order valence-electron chi connectivity index (χ0n) is 24.5. The number of aromatic nitrogens is 2. The van der Waals surface area contributed by atoms with Crippen LogP contribution in [0.25, 0.3) is 10.8 Å². The average Bonchev–Trinajstić information content (AvgIpc) is 2.93. The molecule has 0 saturated carbocycles. The van der Waals surface area contributed by atoms with Crippen molar-refractivity contribution in [2.75, 3.05) is 25.1 Å². The summed E-state index contributed by atoms with van der Waals surface area (Å²) in [4.78, 5) is 44.8. The molecule has 1 heterocycles. The summed E-state index contributed by atoms with van der Waals surface area (Å²) >= 11 is 5.82. The van der Waals surface area contributed by atoms with Crippen LogP contribution in [0.1, 0.15) is 55.2 Å². The first-order chi connectivity index (χ1) is 20.3. The van der Waals surface area contributed by atoms with Gasteiger partial charge in [-0.05, 0) is 61.9 Å². The van der Waals surface area contributed by atoms with Crippen molar-refractivity contribution in [2.45, 2.75) is 58.1 Å². The van der Waals surface area contributed by atoms with Crippen LogP contribution in [-0.2, 0) is 27.1 Å². The van der Waals surface area contributed by atoms with E-state index in [0.717, 1.165) is 34.7 Å². The van der Waals surface area contributed by atoms with Crippen molar-refractivity contribution in [1.82, 2.24) is 25.9 Å². The number of aryl methyl sites for hydroxylation is 1. The molecule has 0 spiro atoms. The molecule has 0 radical (unpaired) electrons. The summed E-state index contributed by atoms with van der Waals surface area (Å²) in [5, 5.41) is 17.7. The lowest BCUT2D eigenvalue weighted by molar-refractivity contribution is -0.143. The zero-order chi connectivity index (χ0) is 31.7. The Labute approximate surface area is 254 Å². The van der Waals surface area contributed by atoms with Crippen molar-refractivity contribution in [3.63, 3.8) is 0 Å². The number of nitrogens with zero attached hydrogens (tertiary/aromatic N) is 2. The number of amides is 2. The molecule has 230 valence electrons. The number of unbranched alkanes of at least 4 members (excludes halogenated alkanes) is 1. The van der Waals surface area contributed by atoms with Crippen molar-refractivity contribution >= 4 is 57.9 Å². The minimum Gasteiger partial charge on any atom is -0.467 e. The highest BCUT2D eigenvalue weighted by molar-refractivity contribution is 6.31. The number of guanidine groups is 1. The molecule has 1 aromatic heterocycles. The summed E-state index contributed by atoms with van der Waals surface area (Å²) in [5.41, 5.74) is 12.3. The van der Waals surface area contributed by atoms with Crippen molar-refractivity contribution in [3.05, 3.63) is 58.4 Å². The van der Waals surface area contributed by atoms with Crippen LogP contribution in [-0.4, -0.2) is 59.2 Å². The van der Waals surface area contributed by atoms with Crippen molar-refractivity contribution in [2.24, 2.45) is 0 Å². The Balaban J connectivity index is 1.58. The Hall–Kier alpha value is -4.65. The van der Waals surface area contributed by atoms with Gasteiger partial charge in [0.15, 0.2) is 28.4 Å². The van der Waals surface area contributed by atoms with Crippen molar-refractivity contribution in [3.8, 4) is 0 Å². The topological polar surface area (TPSA) is 207 Å². The van der Waals surface area contributed by atoms with Gasteiger partial charge < -0.3 is 31.6 Å². The zero-order valence-corrected chi connectivity index (χ0v) is 25.3. The molecule has 0 saturated heterocycles. The molecule has 2 amide bonds. The van der Waals surface area contributed by atoms with E-state index in [1.54, 1.807) is 20.8 Å². The third kappa shape index (κ3) is 9.43. The SMILES string of the molecule is COC(=O)C(Cc1ccc(CCCCNC(=N)NC(=O)c2nc(Cl)c(N)nc2N)c2ccccc12)NC(=O)OC(C)(C)C. The van der Waals surface area contributed by atoms with Crippen LogP contribution in [0.3, 0.4) is 0 Å². The number of ether oxygens (including phenoxy) is 2. The fraction of sp³-hybridized carbons (Fsp3) is 0.379. The van der Waals surface area contributed by atoms with Gasteiger partial charge in [0.1, 0.15) is 11.6 Å². The van der Waals surface area contributed by atoms with Gasteiger partial charge in [-0.25, -0.2) is 19.6 Å². The molecule has 0 bridgehead atoms. The maximum absolute atomic E-state index is 12.5. The lowest BCUT2D eigenvalue weighted by atomic mass is 9.93. The molecule has 8 N–H and O–H groups in total. The van der Waals surface area contributed by atoms with E-state index in [9.17, 15) is 14.4 Å². The number of hydrogen-bond donors (Lipinski definition) is 6. The van der Waals surface area contributed by atoms with E-state index in [-0.39, 0.29) is 34.9 Å². The van der Waals surface area contributed by atoms with Crippen LogP contribution in [0, 0.1) is 5.41 Å². The summed E-state index contributed by atoms with van der Waals surface area (Å²) in [7, 11) is 1.28. The quantitative estimate of drug-likeness (QED) is 0.0851. The number of alkyl carbamates (subject to hydrolysis) is 1. The third-order valence-electron chi connectivity index (χ3n) is 6.24. The van der Waals surface area contributed by atoms with Gasteiger partial charge in [0, 0.05) is 13.0 Å². The molecule has 14 heteroatoms. The summed E-state index contributed by atoms with van der Waals surface area (Å²) < 4.78 is 10.2. The molecular weight excluding hydrogens is 576 g/mol. The molecule has 0 aliphatic carbocycles. The number of nitrogens with one attached hydrogen (secondary N) is 4. The molecule has 1 unspecified atom stereocenters. The third-order valence-corrected chi connectivity index (χ3v) is 6.52. The lowest BCUT2D eigenvalue weighted by Crippen LogP contribution is -2.45. The Kier molecular flexibility index (Phi) is 11.1.